The van der Waals surface area contributed by atoms with Crippen molar-refractivity contribution >= 4 is 11.9 Å². The van der Waals surface area contributed by atoms with Crippen molar-refractivity contribution in [3.05, 3.63) is 0 Å². The van der Waals surface area contributed by atoms with Gasteiger partial charge in [-0.25, -0.2) is 0 Å². The molecule has 21 heavy (non-hydrogen) atoms. The largest absolute Gasteiger partial charge is 0.481 e. The molecule has 2 fully saturated rings. The molecule has 0 bridgehead atoms. The van der Waals surface area contributed by atoms with E-state index >= 15 is 0 Å². The number of hydrogen-bond acceptors (Lipinski definition) is 4. The van der Waals surface area contributed by atoms with Crippen LogP contribution in [0.4, 0.5) is 0 Å². The van der Waals surface area contributed by atoms with Gasteiger partial charge < -0.3 is 20.1 Å². The van der Waals surface area contributed by atoms with Crippen LogP contribution in [0, 0.1) is 11.3 Å². The first-order valence-corrected chi connectivity index (χ1v) is 7.76. The van der Waals surface area contributed by atoms with Gasteiger partial charge in [-0.05, 0) is 37.5 Å². The van der Waals surface area contributed by atoms with Crippen molar-refractivity contribution in [1.82, 2.24) is 10.2 Å². The Bertz CT molecular complexity index is 374. The fraction of sp³-hybridized carbons (Fsp3) is 0.867. The molecule has 120 valence electrons. The summed E-state index contributed by atoms with van der Waals surface area (Å²) in [7, 11) is 1.72. The molecule has 0 aromatic heterocycles. The highest BCUT2D eigenvalue weighted by Crippen LogP contribution is 2.48. The zero-order valence-electron chi connectivity index (χ0n) is 12.8. The molecule has 0 aromatic rings. The number of carboxylic acids is 1. The first-order valence-electron chi connectivity index (χ1n) is 7.76. The Balaban J connectivity index is 1.63. The number of carbonyl (C=O) groups excluding carboxylic acids is 1. The smallest absolute Gasteiger partial charge is 0.306 e. The van der Waals surface area contributed by atoms with Gasteiger partial charge in [-0.1, -0.05) is 0 Å². The normalized spacial score (nSPS) is 21.3. The molecule has 1 saturated carbocycles. The highest BCUT2D eigenvalue weighted by atomic mass is 16.5. The second-order valence-corrected chi connectivity index (χ2v) is 6.34. The fourth-order valence-corrected chi connectivity index (χ4v) is 2.93. The number of rotatable bonds is 8. The average molecular weight is 298 g/mol. The van der Waals surface area contributed by atoms with Crippen molar-refractivity contribution in [3.63, 3.8) is 0 Å². The topological polar surface area (TPSA) is 78.9 Å². The number of likely N-dealkylation sites (tertiary alicyclic amines) is 1. The molecule has 0 aromatic carbocycles. The molecule has 2 aliphatic rings. The van der Waals surface area contributed by atoms with Crippen LogP contribution in [0.25, 0.3) is 0 Å². The van der Waals surface area contributed by atoms with Gasteiger partial charge in [0, 0.05) is 33.4 Å². The van der Waals surface area contributed by atoms with E-state index in [4.69, 9.17) is 9.84 Å². The second kappa shape index (κ2) is 7.22. The summed E-state index contributed by atoms with van der Waals surface area (Å²) in [4.78, 5) is 24.7. The number of piperidine rings is 1. The predicted molar refractivity (Wildman–Crippen MR) is 78.0 cm³/mol. The monoisotopic (exact) mass is 298 g/mol. The molecule has 1 aliphatic carbocycles. The van der Waals surface area contributed by atoms with E-state index in [2.05, 4.69) is 5.32 Å². The molecule has 1 aliphatic heterocycles. The van der Waals surface area contributed by atoms with E-state index in [0.29, 0.717) is 37.9 Å². The minimum absolute atomic E-state index is 0.0846. The lowest BCUT2D eigenvalue weighted by Gasteiger charge is -2.30. The summed E-state index contributed by atoms with van der Waals surface area (Å²) in [5.41, 5.74) is 0.340. The quantitative estimate of drug-likeness (QED) is 0.690. The predicted octanol–water partition coefficient (Wildman–Crippen LogP) is 0.716. The van der Waals surface area contributed by atoms with Crippen LogP contribution in [0.15, 0.2) is 0 Å². The average Bonchev–Trinajstić information content (AvgIpc) is 3.25. The number of nitrogens with one attached hydrogen (secondary N) is 1. The van der Waals surface area contributed by atoms with Crippen molar-refractivity contribution in [2.75, 3.05) is 39.9 Å². The third kappa shape index (κ3) is 4.68. The summed E-state index contributed by atoms with van der Waals surface area (Å²) in [5, 5.41) is 12.2. The minimum atomic E-state index is -0.742. The number of ether oxygens (including phenoxy) is 1. The number of carboxylic acid groups (broad SMARTS) is 1. The maximum atomic E-state index is 12.1. The second-order valence-electron chi connectivity index (χ2n) is 6.34. The molecule has 1 heterocycles. The Morgan fingerprint density at radius 3 is 2.52 bits per heavy atom. The summed E-state index contributed by atoms with van der Waals surface area (Å²) in [6.07, 6.45) is 4.61. The summed E-state index contributed by atoms with van der Waals surface area (Å²) in [6.45, 7) is 3.12. The lowest BCUT2D eigenvalue weighted by molar-refractivity contribution is -0.145. The van der Waals surface area contributed by atoms with E-state index in [-0.39, 0.29) is 11.8 Å². The molecular weight excluding hydrogens is 272 g/mol. The lowest BCUT2D eigenvalue weighted by Crippen LogP contribution is -2.44. The Morgan fingerprint density at radius 2 is 2.00 bits per heavy atom. The van der Waals surface area contributed by atoms with E-state index in [1.54, 1.807) is 12.0 Å². The van der Waals surface area contributed by atoms with Gasteiger partial charge in [0.1, 0.15) is 0 Å². The maximum Gasteiger partial charge on any atom is 0.306 e. The van der Waals surface area contributed by atoms with Crippen molar-refractivity contribution in [3.8, 4) is 0 Å². The number of nitrogens with zero attached hydrogens (tertiary/aromatic N) is 1. The van der Waals surface area contributed by atoms with E-state index in [0.717, 1.165) is 19.6 Å². The minimum Gasteiger partial charge on any atom is -0.481 e. The van der Waals surface area contributed by atoms with Crippen molar-refractivity contribution in [2.45, 2.75) is 32.1 Å². The number of hydrogen-bond donors (Lipinski definition) is 2. The maximum absolute atomic E-state index is 12.1. The molecule has 0 unspecified atom stereocenters. The standard InChI is InChI=1S/C15H26N2O4/c1-21-9-6-15(4-5-15)11-16-10-13(18)17-7-2-12(3-8-17)14(19)20/h12,16H,2-11H2,1H3,(H,19,20). The van der Waals surface area contributed by atoms with Gasteiger partial charge in [-0.2, -0.15) is 0 Å². The van der Waals surface area contributed by atoms with Gasteiger partial charge in [0.05, 0.1) is 12.5 Å². The lowest BCUT2D eigenvalue weighted by atomic mass is 9.97. The molecule has 6 heteroatoms. The zero-order chi connectivity index (χ0) is 15.3. The van der Waals surface area contributed by atoms with Crippen LogP contribution in [0.1, 0.15) is 32.1 Å². The number of methoxy groups -OCH3 is 1. The van der Waals surface area contributed by atoms with Crippen molar-refractivity contribution in [1.29, 1.82) is 0 Å². The molecule has 1 amide bonds. The molecule has 0 atom stereocenters. The third-order valence-corrected chi connectivity index (χ3v) is 4.77. The summed E-state index contributed by atoms with van der Waals surface area (Å²) >= 11 is 0. The van der Waals surface area contributed by atoms with Crippen LogP contribution in [-0.4, -0.2) is 61.8 Å². The van der Waals surface area contributed by atoms with Gasteiger partial charge >= 0.3 is 5.97 Å². The molecule has 0 radical (unpaired) electrons. The Hall–Kier alpha value is -1.14. The van der Waals surface area contributed by atoms with Crippen LogP contribution in [-0.2, 0) is 14.3 Å². The third-order valence-electron chi connectivity index (χ3n) is 4.77. The molecule has 2 rings (SSSR count). The van der Waals surface area contributed by atoms with Gasteiger partial charge in [-0.15, -0.1) is 0 Å². The summed E-state index contributed by atoms with van der Waals surface area (Å²) in [6, 6.07) is 0. The highest BCUT2D eigenvalue weighted by Gasteiger charge is 2.41. The highest BCUT2D eigenvalue weighted by molar-refractivity contribution is 5.78. The number of amides is 1. The fourth-order valence-electron chi connectivity index (χ4n) is 2.93. The Labute approximate surface area is 125 Å². The van der Waals surface area contributed by atoms with Gasteiger partial charge in [-0.3, -0.25) is 9.59 Å². The SMILES string of the molecule is COCCC1(CNCC(=O)N2CCC(C(=O)O)CC2)CC1. The first kappa shape index (κ1) is 16.2. The summed E-state index contributed by atoms with van der Waals surface area (Å²) < 4.78 is 5.12. The zero-order valence-corrected chi connectivity index (χ0v) is 12.8. The van der Waals surface area contributed by atoms with Gasteiger partial charge in [0.2, 0.25) is 5.91 Å². The van der Waals surface area contributed by atoms with Crippen LogP contribution in [0.2, 0.25) is 0 Å². The molecule has 0 spiro atoms. The van der Waals surface area contributed by atoms with E-state index in [1.165, 1.54) is 12.8 Å². The van der Waals surface area contributed by atoms with Gasteiger partial charge in [0.25, 0.3) is 0 Å². The van der Waals surface area contributed by atoms with E-state index in [1.807, 2.05) is 0 Å². The molecular formula is C15H26N2O4. The van der Waals surface area contributed by atoms with Gasteiger partial charge in [0.15, 0.2) is 0 Å². The van der Waals surface area contributed by atoms with Crippen LogP contribution in [0.5, 0.6) is 0 Å². The van der Waals surface area contributed by atoms with Crippen LogP contribution < -0.4 is 5.32 Å². The number of carbonyl (C=O) groups is 2. The van der Waals surface area contributed by atoms with Crippen molar-refractivity contribution in [2.24, 2.45) is 11.3 Å². The number of aliphatic carboxylic acids is 1. The Morgan fingerprint density at radius 1 is 1.33 bits per heavy atom. The van der Waals surface area contributed by atoms with Crippen molar-refractivity contribution < 1.29 is 19.4 Å². The molecule has 2 N–H and O–H groups in total. The summed E-state index contributed by atoms with van der Waals surface area (Å²) in [5.74, 6) is -0.943. The molecule has 1 saturated heterocycles. The van der Waals surface area contributed by atoms with E-state index in [9.17, 15) is 9.59 Å². The van der Waals surface area contributed by atoms with Crippen LogP contribution >= 0.6 is 0 Å². The Kier molecular flexibility index (Phi) is 5.58. The van der Waals surface area contributed by atoms with E-state index < -0.39 is 5.97 Å². The van der Waals surface area contributed by atoms with Crippen LogP contribution in [0.3, 0.4) is 0 Å². The first-order chi connectivity index (χ1) is 10.1. The molecule has 6 nitrogen and oxygen atoms in total.